The topological polar surface area (TPSA) is 75.9 Å². The predicted molar refractivity (Wildman–Crippen MR) is 83.4 cm³/mol. The molecular weight excluding hydrogens is 308 g/mol. The van der Waals surface area contributed by atoms with Crippen LogP contribution in [0.3, 0.4) is 0 Å². The fraction of sp³-hybridized carbons (Fsp3) is 0.500. The highest BCUT2D eigenvalue weighted by Crippen LogP contribution is 2.29. The Kier molecular flexibility index (Phi) is 4.51. The lowest BCUT2D eigenvalue weighted by Crippen LogP contribution is -2.41. The number of nitrogens with one attached hydrogen (secondary N) is 1. The minimum absolute atomic E-state index is 0.0486. The minimum atomic E-state index is -0.0486. The number of aryl methyl sites for hydroxylation is 1. The molecule has 3 rings (SSSR count). The quantitative estimate of drug-likeness (QED) is 0.904. The molecule has 112 valence electrons. The molecule has 0 saturated carbocycles. The van der Waals surface area contributed by atoms with Crippen LogP contribution in [0.5, 0.6) is 0 Å². The van der Waals surface area contributed by atoms with Crippen LogP contribution in [0.1, 0.15) is 11.6 Å². The van der Waals surface area contributed by atoms with E-state index in [-0.39, 0.29) is 11.9 Å². The van der Waals surface area contributed by atoms with Gasteiger partial charge in [0.1, 0.15) is 5.51 Å². The lowest BCUT2D eigenvalue weighted by atomic mass is 10.1. The molecule has 1 fully saturated rings. The van der Waals surface area contributed by atoms with Crippen molar-refractivity contribution < 1.29 is 4.79 Å². The molecule has 0 unspecified atom stereocenters. The van der Waals surface area contributed by atoms with E-state index in [0.29, 0.717) is 11.7 Å². The third kappa shape index (κ3) is 3.60. The second-order valence-corrected chi connectivity index (χ2v) is 6.78. The molecule has 1 amide bonds. The van der Waals surface area contributed by atoms with Crippen molar-refractivity contribution in [3.8, 4) is 0 Å². The summed E-state index contributed by atoms with van der Waals surface area (Å²) in [4.78, 5) is 14.3. The van der Waals surface area contributed by atoms with Crippen molar-refractivity contribution in [3.63, 3.8) is 0 Å². The van der Waals surface area contributed by atoms with Crippen molar-refractivity contribution in [2.45, 2.75) is 6.04 Å². The number of nitrogens with zero attached hydrogens (tertiary/aromatic N) is 5. The SMILES string of the molecule is Cn1cc([C@H]2CSCCN2CC(=O)Nc2nncs2)cn1. The van der Waals surface area contributed by atoms with E-state index in [0.717, 1.165) is 23.6 Å². The Hall–Kier alpha value is -1.45. The Morgan fingerprint density at radius 3 is 3.19 bits per heavy atom. The van der Waals surface area contributed by atoms with E-state index < -0.39 is 0 Å². The van der Waals surface area contributed by atoms with Gasteiger partial charge in [-0.25, -0.2) is 0 Å². The molecule has 2 aromatic rings. The standard InChI is InChI=1S/C12H16N6OS2/c1-17-5-9(4-14-17)10-7-20-3-2-18(10)6-11(19)15-12-16-13-8-21-12/h4-5,8,10H,2-3,6-7H2,1H3,(H,15,16,19)/t10-/m1/s1. The molecule has 3 heterocycles. The molecule has 0 aromatic carbocycles. The average Bonchev–Trinajstić information content (AvgIpc) is 3.11. The Labute approximate surface area is 130 Å². The first-order valence-electron chi connectivity index (χ1n) is 6.59. The molecule has 7 nitrogen and oxygen atoms in total. The van der Waals surface area contributed by atoms with E-state index in [1.54, 1.807) is 10.2 Å². The lowest BCUT2D eigenvalue weighted by Gasteiger charge is -2.34. The molecule has 9 heteroatoms. The molecule has 1 aliphatic rings. The largest absolute Gasteiger partial charge is 0.299 e. The van der Waals surface area contributed by atoms with Crippen LogP contribution in [0, 0.1) is 0 Å². The summed E-state index contributed by atoms with van der Waals surface area (Å²) in [6, 6.07) is 0.234. The second kappa shape index (κ2) is 6.54. The van der Waals surface area contributed by atoms with Gasteiger partial charge in [0.05, 0.1) is 12.7 Å². The van der Waals surface area contributed by atoms with E-state index in [4.69, 9.17) is 0 Å². The molecule has 1 atom stereocenters. The highest BCUT2D eigenvalue weighted by atomic mass is 32.2. The van der Waals surface area contributed by atoms with Gasteiger partial charge < -0.3 is 0 Å². The van der Waals surface area contributed by atoms with Gasteiger partial charge in [0.15, 0.2) is 0 Å². The third-order valence-corrected chi connectivity index (χ3v) is 4.93. The summed E-state index contributed by atoms with van der Waals surface area (Å²) in [5.41, 5.74) is 2.76. The van der Waals surface area contributed by atoms with E-state index in [1.165, 1.54) is 11.3 Å². The zero-order valence-electron chi connectivity index (χ0n) is 11.6. The smallest absolute Gasteiger partial charge is 0.240 e. The fourth-order valence-electron chi connectivity index (χ4n) is 2.32. The first-order chi connectivity index (χ1) is 10.2. The van der Waals surface area contributed by atoms with Crippen molar-refractivity contribution >= 4 is 34.1 Å². The van der Waals surface area contributed by atoms with Crippen molar-refractivity contribution in [2.75, 3.05) is 29.9 Å². The lowest BCUT2D eigenvalue weighted by molar-refractivity contribution is -0.117. The summed E-state index contributed by atoms with van der Waals surface area (Å²) in [5, 5.41) is 15.1. The summed E-state index contributed by atoms with van der Waals surface area (Å²) in [7, 11) is 1.91. The number of hydrogen-bond donors (Lipinski definition) is 1. The summed E-state index contributed by atoms with van der Waals surface area (Å²) in [5.74, 6) is 1.98. The highest BCUT2D eigenvalue weighted by Gasteiger charge is 2.27. The number of hydrogen-bond acceptors (Lipinski definition) is 7. The fourth-order valence-corrected chi connectivity index (χ4v) is 3.94. The molecule has 1 saturated heterocycles. The van der Waals surface area contributed by atoms with E-state index in [2.05, 4.69) is 25.5 Å². The second-order valence-electron chi connectivity index (χ2n) is 4.80. The van der Waals surface area contributed by atoms with E-state index >= 15 is 0 Å². The van der Waals surface area contributed by atoms with Gasteiger partial charge >= 0.3 is 0 Å². The van der Waals surface area contributed by atoms with Gasteiger partial charge in [0, 0.05) is 42.9 Å². The average molecular weight is 324 g/mol. The maximum Gasteiger partial charge on any atom is 0.240 e. The molecule has 0 spiro atoms. The zero-order chi connectivity index (χ0) is 14.7. The summed E-state index contributed by atoms with van der Waals surface area (Å²) >= 11 is 3.24. The molecule has 1 N–H and O–H groups in total. The molecule has 0 radical (unpaired) electrons. The first kappa shape index (κ1) is 14.5. The Bertz CT molecular complexity index is 599. The minimum Gasteiger partial charge on any atom is -0.299 e. The van der Waals surface area contributed by atoms with E-state index in [1.807, 2.05) is 31.2 Å². The van der Waals surface area contributed by atoms with Crippen LogP contribution in [0.25, 0.3) is 0 Å². The van der Waals surface area contributed by atoms with Gasteiger partial charge in [-0.1, -0.05) is 11.3 Å². The Morgan fingerprint density at radius 2 is 2.48 bits per heavy atom. The van der Waals surface area contributed by atoms with Crippen molar-refractivity contribution in [1.82, 2.24) is 24.9 Å². The highest BCUT2D eigenvalue weighted by molar-refractivity contribution is 7.99. The van der Waals surface area contributed by atoms with Gasteiger partial charge in [-0.2, -0.15) is 16.9 Å². The first-order valence-corrected chi connectivity index (χ1v) is 8.62. The molecule has 2 aromatic heterocycles. The maximum absolute atomic E-state index is 12.1. The van der Waals surface area contributed by atoms with Crippen LogP contribution in [0.2, 0.25) is 0 Å². The number of carbonyl (C=O) groups excluding carboxylic acids is 1. The van der Waals surface area contributed by atoms with Gasteiger partial charge in [-0.05, 0) is 0 Å². The normalized spacial score (nSPS) is 19.6. The molecular formula is C12H16N6OS2. The van der Waals surface area contributed by atoms with Crippen LogP contribution in [-0.2, 0) is 11.8 Å². The van der Waals surface area contributed by atoms with Gasteiger partial charge in [-0.15, -0.1) is 10.2 Å². The number of amides is 1. The number of thioether (sulfide) groups is 1. The number of carbonyl (C=O) groups is 1. The number of aromatic nitrogens is 4. The monoisotopic (exact) mass is 324 g/mol. The zero-order valence-corrected chi connectivity index (χ0v) is 13.2. The van der Waals surface area contributed by atoms with Gasteiger partial charge in [0.25, 0.3) is 0 Å². The summed E-state index contributed by atoms with van der Waals surface area (Å²) in [6.07, 6.45) is 3.90. The third-order valence-electron chi connectivity index (χ3n) is 3.30. The van der Waals surface area contributed by atoms with Crippen LogP contribution in [-0.4, -0.2) is 55.4 Å². The number of rotatable bonds is 4. The predicted octanol–water partition coefficient (Wildman–Crippen LogP) is 1.00. The van der Waals surface area contributed by atoms with Crippen LogP contribution in [0.4, 0.5) is 5.13 Å². The summed E-state index contributed by atoms with van der Waals surface area (Å²) < 4.78 is 1.80. The van der Waals surface area contributed by atoms with Crippen molar-refractivity contribution in [1.29, 1.82) is 0 Å². The van der Waals surface area contributed by atoms with Crippen LogP contribution < -0.4 is 5.32 Å². The number of anilines is 1. The van der Waals surface area contributed by atoms with E-state index in [9.17, 15) is 4.79 Å². The molecule has 21 heavy (non-hydrogen) atoms. The summed E-state index contributed by atoms with van der Waals surface area (Å²) in [6.45, 7) is 1.26. The van der Waals surface area contributed by atoms with Gasteiger partial charge in [-0.3, -0.25) is 19.7 Å². The molecule has 0 aliphatic carbocycles. The molecule has 0 bridgehead atoms. The Balaban J connectivity index is 1.65. The van der Waals surface area contributed by atoms with Crippen molar-refractivity contribution in [2.24, 2.45) is 7.05 Å². The van der Waals surface area contributed by atoms with Gasteiger partial charge in [0.2, 0.25) is 11.0 Å². The Morgan fingerprint density at radius 1 is 1.57 bits per heavy atom. The maximum atomic E-state index is 12.1. The van der Waals surface area contributed by atoms with Crippen molar-refractivity contribution in [3.05, 3.63) is 23.5 Å². The van der Waals surface area contributed by atoms with Crippen LogP contribution >= 0.6 is 23.1 Å². The molecule has 1 aliphatic heterocycles. The van der Waals surface area contributed by atoms with Crippen LogP contribution in [0.15, 0.2) is 17.9 Å².